The van der Waals surface area contributed by atoms with Crippen LogP contribution in [0.3, 0.4) is 0 Å². The molecule has 0 saturated carbocycles. The van der Waals surface area contributed by atoms with Crippen molar-refractivity contribution >= 4 is 11.8 Å². The Morgan fingerprint density at radius 2 is 1.61 bits per heavy atom. The number of nitrogens with zero attached hydrogens (tertiary/aromatic N) is 1. The highest BCUT2D eigenvalue weighted by Crippen LogP contribution is 2.19. The van der Waals surface area contributed by atoms with Gasteiger partial charge in [-0.2, -0.15) is 0 Å². The molecule has 0 radical (unpaired) electrons. The minimum absolute atomic E-state index is 0.0291. The van der Waals surface area contributed by atoms with E-state index in [1.807, 2.05) is 84.9 Å². The third-order valence-electron chi connectivity index (χ3n) is 6.51. The fourth-order valence-electron chi connectivity index (χ4n) is 4.49. The molecule has 4 rings (SSSR count). The molecule has 0 aromatic heterocycles. The number of carbonyl (C=O) groups is 2. The third kappa shape index (κ3) is 7.18. The zero-order chi connectivity index (χ0) is 25.2. The maximum Gasteiger partial charge on any atom is 0.243 e. The Morgan fingerprint density at radius 3 is 2.22 bits per heavy atom. The summed E-state index contributed by atoms with van der Waals surface area (Å²) in [5, 5.41) is 3.07. The molecule has 2 amide bonds. The summed E-state index contributed by atoms with van der Waals surface area (Å²) in [6.45, 7) is 1.50. The summed E-state index contributed by atoms with van der Waals surface area (Å²) in [5.74, 6) is 0.491. The minimum atomic E-state index is -0.660. The smallest absolute Gasteiger partial charge is 0.243 e. The van der Waals surface area contributed by atoms with E-state index in [-0.39, 0.29) is 24.3 Å². The molecule has 0 spiro atoms. The van der Waals surface area contributed by atoms with Gasteiger partial charge in [-0.05, 0) is 41.7 Å². The average Bonchev–Trinajstić information content (AvgIpc) is 3.44. The van der Waals surface area contributed by atoms with Gasteiger partial charge in [-0.3, -0.25) is 9.59 Å². The van der Waals surface area contributed by atoms with Gasteiger partial charge in [-0.15, -0.1) is 0 Å². The quantitative estimate of drug-likeness (QED) is 0.442. The Bertz CT molecular complexity index is 1100. The van der Waals surface area contributed by atoms with E-state index in [2.05, 4.69) is 5.32 Å². The van der Waals surface area contributed by atoms with E-state index in [4.69, 9.17) is 9.47 Å². The van der Waals surface area contributed by atoms with Crippen molar-refractivity contribution < 1.29 is 19.1 Å². The molecule has 1 fully saturated rings. The van der Waals surface area contributed by atoms with Gasteiger partial charge in [0.15, 0.2) is 0 Å². The van der Waals surface area contributed by atoms with Crippen LogP contribution in [0.25, 0.3) is 0 Å². The molecule has 36 heavy (non-hydrogen) atoms. The molecule has 2 atom stereocenters. The second-order valence-electron chi connectivity index (χ2n) is 9.12. The highest BCUT2D eigenvalue weighted by atomic mass is 16.5. The first-order valence-corrected chi connectivity index (χ1v) is 12.5. The fraction of sp³-hybridized carbons (Fsp3) is 0.333. The summed E-state index contributed by atoms with van der Waals surface area (Å²) < 4.78 is 11.0. The largest absolute Gasteiger partial charge is 0.497 e. The van der Waals surface area contributed by atoms with Crippen LogP contribution in [0.1, 0.15) is 29.5 Å². The molecule has 3 aromatic rings. The number of benzene rings is 3. The molecular formula is C30H34N2O4. The van der Waals surface area contributed by atoms with E-state index < -0.39 is 6.04 Å². The van der Waals surface area contributed by atoms with Crippen molar-refractivity contribution in [2.24, 2.45) is 0 Å². The normalized spacial score (nSPS) is 15.8. The maximum absolute atomic E-state index is 13.7. The second-order valence-corrected chi connectivity index (χ2v) is 9.12. The van der Waals surface area contributed by atoms with E-state index in [1.54, 1.807) is 12.0 Å². The monoisotopic (exact) mass is 486 g/mol. The van der Waals surface area contributed by atoms with E-state index in [0.717, 1.165) is 41.9 Å². The van der Waals surface area contributed by atoms with Gasteiger partial charge in [0.1, 0.15) is 11.8 Å². The van der Waals surface area contributed by atoms with Crippen LogP contribution in [0.15, 0.2) is 84.9 Å². The minimum Gasteiger partial charge on any atom is -0.497 e. The summed E-state index contributed by atoms with van der Waals surface area (Å²) in [6.07, 6.45) is 2.62. The Morgan fingerprint density at radius 1 is 0.944 bits per heavy atom. The molecule has 1 N–H and O–H groups in total. The topological polar surface area (TPSA) is 67.9 Å². The molecule has 188 valence electrons. The van der Waals surface area contributed by atoms with Gasteiger partial charge >= 0.3 is 0 Å². The Labute approximate surface area is 213 Å². The lowest BCUT2D eigenvalue weighted by molar-refractivity contribution is -0.141. The van der Waals surface area contributed by atoms with Crippen molar-refractivity contribution in [1.82, 2.24) is 10.2 Å². The van der Waals surface area contributed by atoms with Crippen LogP contribution in [0.2, 0.25) is 0 Å². The number of amides is 2. The summed E-state index contributed by atoms with van der Waals surface area (Å²) in [4.78, 5) is 29.1. The van der Waals surface area contributed by atoms with Gasteiger partial charge in [0.05, 0.1) is 19.6 Å². The number of ether oxygens (including phenoxy) is 2. The van der Waals surface area contributed by atoms with Crippen LogP contribution in [0.4, 0.5) is 0 Å². The molecule has 0 aliphatic carbocycles. The van der Waals surface area contributed by atoms with Gasteiger partial charge < -0.3 is 19.7 Å². The highest BCUT2D eigenvalue weighted by Gasteiger charge is 2.31. The summed E-state index contributed by atoms with van der Waals surface area (Å²) >= 11 is 0. The molecule has 0 unspecified atom stereocenters. The van der Waals surface area contributed by atoms with E-state index >= 15 is 0 Å². The standard InChI is InChI=1S/C30H34N2O4/c1-35-26-16-14-25(15-17-26)22-32(29(33)20-24-11-6-3-7-12-24)28(19-23-9-4-2-5-10-23)30(34)31-21-27-13-8-18-36-27/h2-7,9-12,14-17,27-28H,8,13,18-22H2,1H3,(H,31,34)/t27-,28-/m1/s1. The van der Waals surface area contributed by atoms with Crippen molar-refractivity contribution in [3.8, 4) is 5.75 Å². The lowest BCUT2D eigenvalue weighted by Crippen LogP contribution is -2.52. The van der Waals surface area contributed by atoms with Crippen molar-refractivity contribution in [2.45, 2.75) is 44.4 Å². The van der Waals surface area contributed by atoms with Crippen LogP contribution < -0.4 is 10.1 Å². The summed E-state index contributed by atoms with van der Waals surface area (Å²) in [6, 6.07) is 26.5. The van der Waals surface area contributed by atoms with Gasteiger partial charge in [-0.25, -0.2) is 0 Å². The Hall–Kier alpha value is -3.64. The SMILES string of the molecule is COc1ccc(CN(C(=O)Cc2ccccc2)[C@H](Cc2ccccc2)C(=O)NC[C@H]2CCCO2)cc1. The first-order valence-electron chi connectivity index (χ1n) is 12.5. The van der Waals surface area contributed by atoms with Crippen molar-refractivity contribution in [3.63, 3.8) is 0 Å². The number of nitrogens with one attached hydrogen (secondary N) is 1. The Kier molecular flexibility index (Phi) is 9.11. The van der Waals surface area contributed by atoms with E-state index in [0.29, 0.717) is 19.5 Å². The lowest BCUT2D eigenvalue weighted by atomic mass is 10.0. The van der Waals surface area contributed by atoms with Gasteiger partial charge in [0.2, 0.25) is 11.8 Å². The molecule has 0 bridgehead atoms. The average molecular weight is 487 g/mol. The van der Waals surface area contributed by atoms with Crippen LogP contribution in [0.5, 0.6) is 5.75 Å². The number of carbonyl (C=O) groups excluding carboxylic acids is 2. The molecule has 1 aliphatic rings. The van der Waals surface area contributed by atoms with Gasteiger partial charge in [-0.1, -0.05) is 72.8 Å². The fourth-order valence-corrected chi connectivity index (χ4v) is 4.49. The van der Waals surface area contributed by atoms with Crippen molar-refractivity contribution in [2.75, 3.05) is 20.3 Å². The predicted molar refractivity (Wildman–Crippen MR) is 140 cm³/mol. The van der Waals surface area contributed by atoms with Crippen molar-refractivity contribution in [1.29, 1.82) is 0 Å². The molecule has 3 aromatic carbocycles. The number of rotatable bonds is 11. The summed E-state index contributed by atoms with van der Waals surface area (Å²) in [5.41, 5.74) is 2.85. The highest BCUT2D eigenvalue weighted by molar-refractivity contribution is 5.88. The number of methoxy groups -OCH3 is 1. The van der Waals surface area contributed by atoms with Crippen LogP contribution in [-0.2, 0) is 33.7 Å². The first-order chi connectivity index (χ1) is 17.6. The van der Waals surface area contributed by atoms with E-state index in [9.17, 15) is 9.59 Å². The third-order valence-corrected chi connectivity index (χ3v) is 6.51. The van der Waals surface area contributed by atoms with Gasteiger partial charge in [0, 0.05) is 26.1 Å². The predicted octanol–water partition coefficient (Wildman–Crippen LogP) is 4.17. The molecule has 1 heterocycles. The van der Waals surface area contributed by atoms with Crippen LogP contribution in [0, 0.1) is 0 Å². The maximum atomic E-state index is 13.7. The zero-order valence-corrected chi connectivity index (χ0v) is 20.8. The van der Waals surface area contributed by atoms with Gasteiger partial charge in [0.25, 0.3) is 0 Å². The molecular weight excluding hydrogens is 452 g/mol. The number of hydrogen-bond donors (Lipinski definition) is 1. The molecule has 6 heteroatoms. The zero-order valence-electron chi connectivity index (χ0n) is 20.8. The molecule has 1 saturated heterocycles. The lowest BCUT2D eigenvalue weighted by Gasteiger charge is -2.32. The first kappa shape index (κ1) is 25.5. The number of hydrogen-bond acceptors (Lipinski definition) is 4. The Balaban J connectivity index is 1.61. The van der Waals surface area contributed by atoms with Crippen LogP contribution >= 0.6 is 0 Å². The van der Waals surface area contributed by atoms with E-state index in [1.165, 1.54) is 0 Å². The molecule has 1 aliphatic heterocycles. The summed E-state index contributed by atoms with van der Waals surface area (Å²) in [7, 11) is 1.62. The second kappa shape index (κ2) is 12.9. The van der Waals surface area contributed by atoms with Crippen molar-refractivity contribution in [3.05, 3.63) is 102 Å². The molecule has 6 nitrogen and oxygen atoms in total. The van der Waals surface area contributed by atoms with Crippen LogP contribution in [-0.4, -0.2) is 49.1 Å².